The molecule has 0 radical (unpaired) electrons. The summed E-state index contributed by atoms with van der Waals surface area (Å²) in [5, 5.41) is 3.34. The van der Waals surface area contributed by atoms with Gasteiger partial charge in [-0.1, -0.05) is 0 Å². The van der Waals surface area contributed by atoms with Crippen LogP contribution in [-0.4, -0.2) is 43.1 Å². The molecule has 0 aliphatic carbocycles. The molecule has 0 spiro atoms. The van der Waals surface area contributed by atoms with E-state index in [1.54, 1.807) is 12.4 Å². The van der Waals surface area contributed by atoms with E-state index < -0.39 is 0 Å². The van der Waals surface area contributed by atoms with E-state index in [9.17, 15) is 0 Å². The molecule has 2 heterocycles. The Balaban J connectivity index is 2.17. The second-order valence-corrected chi connectivity index (χ2v) is 5.70. The predicted octanol–water partition coefficient (Wildman–Crippen LogP) is 1.92. The molecule has 1 aromatic carbocycles. The summed E-state index contributed by atoms with van der Waals surface area (Å²) in [5.74, 6) is 0.976. The average molecular weight is 321 g/mol. The fourth-order valence-electron chi connectivity index (χ4n) is 2.30. The number of rotatable bonds is 1. The Kier molecular flexibility index (Phi) is 2.99. The van der Waals surface area contributed by atoms with Crippen LogP contribution in [0.5, 0.6) is 0 Å². The van der Waals surface area contributed by atoms with Crippen LogP contribution in [0.4, 0.5) is 5.69 Å². The van der Waals surface area contributed by atoms with Crippen LogP contribution in [0, 0.1) is 0 Å². The number of nitrogens with zero attached hydrogens (tertiary/aromatic N) is 4. The number of halogens is 1. The maximum absolute atomic E-state index is 4.53. The first-order valence-electron chi connectivity index (χ1n) is 6.13. The maximum Gasteiger partial charge on any atom is 0.302 e. The number of guanidine groups is 1. The van der Waals surface area contributed by atoms with Crippen molar-refractivity contribution in [3.63, 3.8) is 0 Å². The van der Waals surface area contributed by atoms with Crippen LogP contribution in [0.2, 0.25) is 0 Å². The monoisotopic (exact) mass is 320 g/mol. The van der Waals surface area contributed by atoms with Crippen LogP contribution < -0.4 is 9.80 Å². The van der Waals surface area contributed by atoms with Crippen LogP contribution in [0.25, 0.3) is 11.0 Å². The Hall–Kier alpha value is -1.53. The normalized spacial score (nSPS) is 15.4. The predicted molar refractivity (Wildman–Crippen MR) is 81.2 cm³/mol. The van der Waals surface area contributed by atoms with E-state index in [1.807, 2.05) is 6.07 Å². The van der Waals surface area contributed by atoms with Gasteiger partial charge < -0.3 is 5.32 Å². The van der Waals surface area contributed by atoms with Crippen molar-refractivity contribution in [2.45, 2.75) is 0 Å². The summed E-state index contributed by atoms with van der Waals surface area (Å²) in [5.41, 5.74) is 2.88. The molecule has 2 aromatic rings. The highest BCUT2D eigenvalue weighted by molar-refractivity contribution is 9.10. The van der Waals surface area contributed by atoms with E-state index in [-0.39, 0.29) is 0 Å². The van der Waals surface area contributed by atoms with Crippen molar-refractivity contribution in [1.82, 2.24) is 19.8 Å². The molecule has 0 bridgehead atoms. The van der Waals surface area contributed by atoms with E-state index in [2.05, 4.69) is 56.4 Å². The molecule has 1 aliphatic heterocycles. The Labute approximate surface area is 120 Å². The van der Waals surface area contributed by atoms with Gasteiger partial charge in [-0.3, -0.25) is 9.97 Å². The van der Waals surface area contributed by atoms with Gasteiger partial charge in [0.25, 0.3) is 0 Å². The Morgan fingerprint density at radius 1 is 1.21 bits per heavy atom. The first-order valence-corrected chi connectivity index (χ1v) is 6.92. The lowest BCUT2D eigenvalue weighted by Gasteiger charge is -2.28. The van der Waals surface area contributed by atoms with E-state index in [1.165, 1.54) is 0 Å². The zero-order valence-electron chi connectivity index (χ0n) is 10.9. The van der Waals surface area contributed by atoms with Crippen LogP contribution in [0.15, 0.2) is 34.0 Å². The summed E-state index contributed by atoms with van der Waals surface area (Å²) < 4.78 is 1.53. The first kappa shape index (κ1) is 12.5. The fourth-order valence-corrected chi connectivity index (χ4v) is 3.18. The molecular formula is C13H15BrN5+. The highest BCUT2D eigenvalue weighted by Gasteiger charge is 2.32. The van der Waals surface area contributed by atoms with Crippen molar-refractivity contribution >= 4 is 38.6 Å². The number of aromatic nitrogens is 2. The summed E-state index contributed by atoms with van der Waals surface area (Å²) in [6, 6.07) is 4.07. The molecule has 1 N–H and O–H groups in total. The molecule has 1 aromatic heterocycles. The van der Waals surface area contributed by atoms with E-state index in [0.29, 0.717) is 4.48 Å². The van der Waals surface area contributed by atoms with Crippen molar-refractivity contribution in [1.29, 1.82) is 0 Å². The van der Waals surface area contributed by atoms with Gasteiger partial charge in [0.1, 0.15) is 9.99 Å². The highest BCUT2D eigenvalue weighted by atomic mass is 79.9. The molecule has 0 fully saturated rings. The van der Waals surface area contributed by atoms with Gasteiger partial charge in [-0.15, -0.1) is 0 Å². The summed E-state index contributed by atoms with van der Waals surface area (Å²) in [7, 11) is 4.22. The van der Waals surface area contributed by atoms with E-state index >= 15 is 0 Å². The van der Waals surface area contributed by atoms with Gasteiger partial charge >= 0.3 is 5.96 Å². The van der Waals surface area contributed by atoms with E-state index in [4.69, 9.17) is 0 Å². The first-order chi connectivity index (χ1) is 9.10. The van der Waals surface area contributed by atoms with E-state index in [0.717, 1.165) is 40.2 Å². The third-order valence-corrected chi connectivity index (χ3v) is 4.13. The van der Waals surface area contributed by atoms with Gasteiger partial charge in [0.15, 0.2) is 5.69 Å². The Morgan fingerprint density at radius 3 is 2.74 bits per heavy atom. The minimum absolute atomic E-state index is 0.563. The third kappa shape index (κ3) is 2.01. The molecule has 6 heteroatoms. The van der Waals surface area contributed by atoms with Gasteiger partial charge in [-0.05, 0) is 22.0 Å². The largest absolute Gasteiger partial charge is 0.322 e. The molecule has 0 saturated heterocycles. The van der Waals surface area contributed by atoms with Gasteiger partial charge in [0.05, 0.1) is 26.2 Å². The van der Waals surface area contributed by atoms with Crippen LogP contribution in [-0.2, 0) is 0 Å². The summed E-state index contributed by atoms with van der Waals surface area (Å²) >= 11 is 3.66. The number of nitrogens with one attached hydrogen (secondary N) is 1. The van der Waals surface area contributed by atoms with Crippen molar-refractivity contribution < 1.29 is 0 Å². The molecule has 0 atom stereocenters. The molecule has 0 unspecified atom stereocenters. The van der Waals surface area contributed by atoms with Crippen LogP contribution in [0.3, 0.4) is 0 Å². The van der Waals surface area contributed by atoms with Crippen molar-refractivity contribution in [3.05, 3.63) is 29.0 Å². The SMILES string of the molecule is C[N+](C)(C1=NCCN1)c1ccc2nccnc2c1Br. The standard InChI is InChI=1S/C13H15BrN5/c1-19(2,13-17-7-8-18-13)10-4-3-9-12(11(10)14)16-6-5-15-9/h3-6H,7-8H2,1-2H3,(H,17,18)/q+1. The van der Waals surface area contributed by atoms with Crippen molar-refractivity contribution in [2.75, 3.05) is 27.2 Å². The summed E-state index contributed by atoms with van der Waals surface area (Å²) in [6.45, 7) is 1.74. The lowest BCUT2D eigenvalue weighted by atomic mass is 10.2. The number of aliphatic imine (C=N–C) groups is 1. The molecule has 0 amide bonds. The Morgan fingerprint density at radius 2 is 2.00 bits per heavy atom. The second-order valence-electron chi connectivity index (χ2n) is 4.91. The molecule has 1 aliphatic rings. The number of fused-ring (bicyclic) bond motifs is 1. The zero-order valence-corrected chi connectivity index (χ0v) is 12.5. The average Bonchev–Trinajstić information content (AvgIpc) is 2.94. The summed E-state index contributed by atoms with van der Waals surface area (Å²) in [6.07, 6.45) is 3.42. The molecule has 19 heavy (non-hydrogen) atoms. The number of hydrogen-bond acceptors (Lipinski definition) is 4. The fraction of sp³-hybridized carbons (Fsp3) is 0.308. The molecule has 0 saturated carbocycles. The Bertz CT molecular complexity index is 665. The van der Waals surface area contributed by atoms with Crippen LogP contribution in [0.1, 0.15) is 0 Å². The quantitative estimate of drug-likeness (QED) is 0.817. The molecule has 3 rings (SSSR count). The molecular weight excluding hydrogens is 306 g/mol. The van der Waals surface area contributed by atoms with Gasteiger partial charge in [-0.25, -0.2) is 9.48 Å². The lowest BCUT2D eigenvalue weighted by Crippen LogP contribution is -2.52. The minimum Gasteiger partial charge on any atom is -0.322 e. The molecule has 98 valence electrons. The number of hydrogen-bond donors (Lipinski definition) is 1. The smallest absolute Gasteiger partial charge is 0.302 e. The number of quaternary nitrogens is 1. The maximum atomic E-state index is 4.53. The van der Waals surface area contributed by atoms with Crippen LogP contribution >= 0.6 is 15.9 Å². The van der Waals surface area contributed by atoms with Crippen molar-refractivity contribution in [3.8, 4) is 0 Å². The zero-order chi connectivity index (χ0) is 13.5. The van der Waals surface area contributed by atoms with Gasteiger partial charge in [-0.2, -0.15) is 0 Å². The second kappa shape index (κ2) is 4.54. The number of benzene rings is 1. The lowest BCUT2D eigenvalue weighted by molar-refractivity contribution is 0.573. The topological polar surface area (TPSA) is 50.2 Å². The molecule has 5 nitrogen and oxygen atoms in total. The third-order valence-electron chi connectivity index (χ3n) is 3.35. The highest BCUT2D eigenvalue weighted by Crippen LogP contribution is 2.34. The van der Waals surface area contributed by atoms with Gasteiger partial charge in [0.2, 0.25) is 0 Å². The van der Waals surface area contributed by atoms with Gasteiger partial charge in [0, 0.05) is 25.0 Å². The van der Waals surface area contributed by atoms with Crippen molar-refractivity contribution in [2.24, 2.45) is 4.99 Å². The summed E-state index contributed by atoms with van der Waals surface area (Å²) in [4.78, 5) is 13.2. The minimum atomic E-state index is 0.563.